The summed E-state index contributed by atoms with van der Waals surface area (Å²) in [7, 11) is 1.64. The molecule has 0 aliphatic carbocycles. The third-order valence-electron chi connectivity index (χ3n) is 4.70. The van der Waals surface area contributed by atoms with E-state index < -0.39 is 0 Å². The molecule has 0 atom stereocenters. The average molecular weight is 491 g/mol. The van der Waals surface area contributed by atoms with Crippen LogP contribution in [0.4, 0.5) is 5.69 Å². The van der Waals surface area contributed by atoms with E-state index in [4.69, 9.17) is 30.5 Å². The van der Waals surface area contributed by atoms with E-state index in [1.807, 2.05) is 54.6 Å². The van der Waals surface area contributed by atoms with Gasteiger partial charge in [0.05, 0.1) is 7.11 Å². The van der Waals surface area contributed by atoms with E-state index in [0.717, 1.165) is 32.8 Å². The monoisotopic (exact) mass is 489 g/mol. The minimum absolute atomic E-state index is 0.404. The molecule has 7 heteroatoms. The van der Waals surface area contributed by atoms with Gasteiger partial charge in [0, 0.05) is 33.4 Å². The van der Waals surface area contributed by atoms with Gasteiger partial charge >= 0.3 is 0 Å². The second-order valence-electron chi connectivity index (χ2n) is 6.68. The zero-order valence-electron chi connectivity index (χ0n) is 16.4. The minimum Gasteiger partial charge on any atom is -0.493 e. The summed E-state index contributed by atoms with van der Waals surface area (Å²) in [4.78, 5) is 0. The second-order valence-corrected chi connectivity index (χ2v) is 7.98. The molecule has 30 heavy (non-hydrogen) atoms. The zero-order chi connectivity index (χ0) is 20.9. The van der Waals surface area contributed by atoms with Crippen molar-refractivity contribution < 1.29 is 18.9 Å². The van der Waals surface area contributed by atoms with Gasteiger partial charge in [-0.2, -0.15) is 0 Å². The molecule has 1 heterocycles. The van der Waals surface area contributed by atoms with E-state index in [0.29, 0.717) is 42.9 Å². The molecule has 0 saturated carbocycles. The summed E-state index contributed by atoms with van der Waals surface area (Å²) in [6.45, 7) is 2.07. The lowest BCUT2D eigenvalue weighted by molar-refractivity contribution is 0.171. The van der Waals surface area contributed by atoms with Crippen molar-refractivity contribution in [3.05, 3.63) is 75.2 Å². The molecular weight excluding hydrogens is 470 g/mol. The predicted octanol–water partition coefficient (Wildman–Crippen LogP) is 6.07. The Labute approximate surface area is 189 Å². The molecule has 4 rings (SSSR count). The van der Waals surface area contributed by atoms with Crippen molar-refractivity contribution in [1.82, 2.24) is 0 Å². The standard InChI is InChI=1S/C23H21BrClNO4/c1-27-21-9-7-19(24)18(23(21)30-14-15-2-4-16(25)5-3-15)13-26-17-6-8-20-22(12-17)29-11-10-28-20/h2-9,12,26H,10-11,13-14H2,1H3. The van der Waals surface area contributed by atoms with E-state index >= 15 is 0 Å². The van der Waals surface area contributed by atoms with Crippen LogP contribution in [0.3, 0.4) is 0 Å². The highest BCUT2D eigenvalue weighted by Gasteiger charge is 2.16. The predicted molar refractivity (Wildman–Crippen MR) is 121 cm³/mol. The highest BCUT2D eigenvalue weighted by molar-refractivity contribution is 9.10. The van der Waals surface area contributed by atoms with Gasteiger partial charge in [-0.25, -0.2) is 0 Å². The molecular formula is C23H21BrClNO4. The first-order valence-corrected chi connectivity index (χ1v) is 10.7. The Balaban J connectivity index is 1.53. The molecule has 5 nitrogen and oxygen atoms in total. The number of methoxy groups -OCH3 is 1. The Morgan fingerprint density at radius 2 is 1.77 bits per heavy atom. The average Bonchev–Trinajstić information content (AvgIpc) is 2.78. The van der Waals surface area contributed by atoms with Crippen molar-refractivity contribution in [2.75, 3.05) is 25.6 Å². The van der Waals surface area contributed by atoms with Crippen LogP contribution >= 0.6 is 27.5 Å². The Kier molecular flexibility index (Phi) is 6.55. The van der Waals surface area contributed by atoms with E-state index in [1.54, 1.807) is 7.11 Å². The summed E-state index contributed by atoms with van der Waals surface area (Å²) in [6.07, 6.45) is 0. The smallest absolute Gasteiger partial charge is 0.167 e. The lowest BCUT2D eigenvalue weighted by Crippen LogP contribution is -2.15. The van der Waals surface area contributed by atoms with Gasteiger partial charge in [0.25, 0.3) is 0 Å². The molecule has 156 valence electrons. The Morgan fingerprint density at radius 3 is 2.53 bits per heavy atom. The fraction of sp³-hybridized carbons (Fsp3) is 0.217. The Bertz CT molecular complexity index is 1030. The van der Waals surface area contributed by atoms with Crippen molar-refractivity contribution in [1.29, 1.82) is 0 Å². The van der Waals surface area contributed by atoms with Crippen LogP contribution in [0.15, 0.2) is 59.1 Å². The molecule has 0 unspecified atom stereocenters. The van der Waals surface area contributed by atoms with Crippen molar-refractivity contribution in [3.8, 4) is 23.0 Å². The van der Waals surface area contributed by atoms with Crippen LogP contribution in [-0.2, 0) is 13.2 Å². The van der Waals surface area contributed by atoms with Gasteiger partial charge in [0.15, 0.2) is 23.0 Å². The summed E-state index contributed by atoms with van der Waals surface area (Å²) in [5.41, 5.74) is 2.91. The largest absolute Gasteiger partial charge is 0.493 e. The normalized spacial score (nSPS) is 12.4. The topological polar surface area (TPSA) is 49.0 Å². The van der Waals surface area contributed by atoms with Gasteiger partial charge in [-0.3, -0.25) is 0 Å². The maximum atomic E-state index is 6.16. The summed E-state index contributed by atoms with van der Waals surface area (Å²) in [5.74, 6) is 2.87. The number of hydrogen-bond donors (Lipinski definition) is 1. The van der Waals surface area contributed by atoms with E-state index in [9.17, 15) is 0 Å². The van der Waals surface area contributed by atoms with E-state index in [1.165, 1.54) is 0 Å². The summed E-state index contributed by atoms with van der Waals surface area (Å²) in [6, 6.07) is 17.2. The first-order valence-electron chi connectivity index (χ1n) is 9.50. The molecule has 0 spiro atoms. The van der Waals surface area contributed by atoms with Gasteiger partial charge in [-0.1, -0.05) is 39.7 Å². The van der Waals surface area contributed by atoms with Crippen LogP contribution in [0.25, 0.3) is 0 Å². The SMILES string of the molecule is COc1ccc(Br)c(CNc2ccc3c(c2)OCCO3)c1OCc1ccc(Cl)cc1. The summed E-state index contributed by atoms with van der Waals surface area (Å²) in [5, 5.41) is 4.13. The van der Waals surface area contributed by atoms with Gasteiger partial charge in [0.1, 0.15) is 19.8 Å². The van der Waals surface area contributed by atoms with Gasteiger partial charge in [-0.15, -0.1) is 0 Å². The Morgan fingerprint density at radius 1 is 1.00 bits per heavy atom. The van der Waals surface area contributed by atoms with Crippen molar-refractivity contribution in [3.63, 3.8) is 0 Å². The molecule has 1 aliphatic heterocycles. The third kappa shape index (κ3) is 4.77. The van der Waals surface area contributed by atoms with Crippen LogP contribution in [0.2, 0.25) is 5.02 Å². The molecule has 0 aromatic heterocycles. The van der Waals surface area contributed by atoms with Crippen molar-refractivity contribution >= 4 is 33.2 Å². The number of ether oxygens (including phenoxy) is 4. The fourth-order valence-electron chi connectivity index (χ4n) is 3.15. The van der Waals surface area contributed by atoms with E-state index in [2.05, 4.69) is 21.2 Å². The molecule has 0 bridgehead atoms. The minimum atomic E-state index is 0.404. The number of anilines is 1. The lowest BCUT2D eigenvalue weighted by Gasteiger charge is -2.20. The van der Waals surface area contributed by atoms with Crippen LogP contribution in [0, 0.1) is 0 Å². The quantitative estimate of drug-likeness (QED) is 0.435. The molecule has 0 fully saturated rings. The number of benzene rings is 3. The number of nitrogens with one attached hydrogen (secondary N) is 1. The molecule has 3 aromatic rings. The maximum Gasteiger partial charge on any atom is 0.167 e. The lowest BCUT2D eigenvalue weighted by atomic mass is 10.1. The van der Waals surface area contributed by atoms with Crippen molar-refractivity contribution in [2.24, 2.45) is 0 Å². The number of hydrogen-bond acceptors (Lipinski definition) is 5. The van der Waals surface area contributed by atoms with Gasteiger partial charge < -0.3 is 24.3 Å². The summed E-state index contributed by atoms with van der Waals surface area (Å²) >= 11 is 9.62. The third-order valence-corrected chi connectivity index (χ3v) is 5.69. The highest BCUT2D eigenvalue weighted by Crippen LogP contribution is 2.38. The van der Waals surface area contributed by atoms with Crippen molar-refractivity contribution in [2.45, 2.75) is 13.2 Å². The zero-order valence-corrected chi connectivity index (χ0v) is 18.8. The van der Waals surface area contributed by atoms with Crippen LogP contribution in [-0.4, -0.2) is 20.3 Å². The fourth-order valence-corrected chi connectivity index (χ4v) is 3.72. The number of fused-ring (bicyclic) bond motifs is 1. The molecule has 0 radical (unpaired) electrons. The van der Waals surface area contributed by atoms with Crippen LogP contribution < -0.4 is 24.3 Å². The maximum absolute atomic E-state index is 6.16. The highest BCUT2D eigenvalue weighted by atomic mass is 79.9. The first kappa shape index (κ1) is 20.7. The number of rotatable bonds is 7. The van der Waals surface area contributed by atoms with Crippen LogP contribution in [0.1, 0.15) is 11.1 Å². The van der Waals surface area contributed by atoms with Gasteiger partial charge in [-0.05, 0) is 42.0 Å². The molecule has 1 N–H and O–H groups in total. The summed E-state index contributed by atoms with van der Waals surface area (Å²) < 4.78 is 23.9. The molecule has 1 aliphatic rings. The van der Waals surface area contributed by atoms with E-state index in [-0.39, 0.29) is 0 Å². The number of halogens is 2. The van der Waals surface area contributed by atoms with Gasteiger partial charge in [0.2, 0.25) is 0 Å². The molecule has 0 amide bonds. The molecule has 3 aromatic carbocycles. The second kappa shape index (κ2) is 9.49. The Hall–Kier alpha value is -2.57. The molecule has 0 saturated heterocycles. The van der Waals surface area contributed by atoms with Crippen LogP contribution in [0.5, 0.6) is 23.0 Å². The first-order chi connectivity index (χ1) is 14.6.